The molecule has 1 unspecified atom stereocenters. The molecule has 0 aromatic heterocycles. The van der Waals surface area contributed by atoms with Crippen molar-refractivity contribution >= 4 is 23.4 Å². The molecule has 3 aliphatic heterocycles. The van der Waals surface area contributed by atoms with Crippen LogP contribution >= 0.6 is 11.6 Å². The second-order valence-electron chi connectivity index (χ2n) is 10.4. The van der Waals surface area contributed by atoms with Gasteiger partial charge in [-0.1, -0.05) is 35.9 Å². The highest BCUT2D eigenvalue weighted by molar-refractivity contribution is 6.31. The number of hydrogen-bond acceptors (Lipinski definition) is 4. The maximum Gasteiger partial charge on any atom is 0.253 e. The highest BCUT2D eigenvalue weighted by atomic mass is 35.5. The van der Waals surface area contributed by atoms with E-state index in [4.69, 9.17) is 11.6 Å². The maximum absolute atomic E-state index is 13.4. The van der Waals surface area contributed by atoms with Crippen molar-refractivity contribution in [3.05, 3.63) is 58.6 Å². The fourth-order valence-electron chi connectivity index (χ4n) is 5.47. The molecule has 0 aliphatic carbocycles. The second kappa shape index (κ2) is 10.7. The average Bonchev–Trinajstić information content (AvgIpc) is 3.25. The third kappa shape index (κ3) is 5.81. The van der Waals surface area contributed by atoms with Crippen molar-refractivity contribution < 1.29 is 23.5 Å². The zero-order chi connectivity index (χ0) is 26.2. The molecule has 2 aromatic rings. The molecule has 1 atom stereocenters. The van der Waals surface area contributed by atoms with Gasteiger partial charge in [0.1, 0.15) is 0 Å². The van der Waals surface area contributed by atoms with E-state index in [9.17, 15) is 23.5 Å². The van der Waals surface area contributed by atoms with E-state index in [1.54, 1.807) is 12.1 Å². The lowest BCUT2D eigenvalue weighted by Gasteiger charge is -2.36. The van der Waals surface area contributed by atoms with E-state index in [2.05, 4.69) is 5.01 Å². The van der Waals surface area contributed by atoms with Gasteiger partial charge in [0.25, 0.3) is 11.8 Å². The normalized spacial score (nSPS) is 23.0. The lowest BCUT2D eigenvalue weighted by atomic mass is 9.95. The molecule has 3 saturated heterocycles. The van der Waals surface area contributed by atoms with Gasteiger partial charge in [0, 0.05) is 62.1 Å². The van der Waals surface area contributed by atoms with E-state index in [0.29, 0.717) is 49.5 Å². The summed E-state index contributed by atoms with van der Waals surface area (Å²) < 4.78 is 26.8. The summed E-state index contributed by atoms with van der Waals surface area (Å²) in [5, 5.41) is 14.2. The number of carbonyl (C=O) groups is 2. The van der Waals surface area contributed by atoms with E-state index in [1.165, 1.54) is 4.90 Å². The van der Waals surface area contributed by atoms with Crippen molar-refractivity contribution in [1.82, 2.24) is 14.9 Å². The van der Waals surface area contributed by atoms with Crippen molar-refractivity contribution in [1.29, 1.82) is 0 Å². The Labute approximate surface area is 220 Å². The number of rotatable bonds is 5. The molecule has 9 heteroatoms. The van der Waals surface area contributed by atoms with Crippen LogP contribution in [-0.4, -0.2) is 76.6 Å². The number of hydrogen-bond donors (Lipinski definition) is 1. The van der Waals surface area contributed by atoms with Gasteiger partial charge in [-0.3, -0.25) is 14.6 Å². The average molecular weight is 532 g/mol. The minimum atomic E-state index is -2.69. The number of piperidine rings is 2. The molecule has 0 bridgehead atoms. The molecule has 37 heavy (non-hydrogen) atoms. The van der Waals surface area contributed by atoms with Gasteiger partial charge >= 0.3 is 0 Å². The Morgan fingerprint density at radius 1 is 0.946 bits per heavy atom. The van der Waals surface area contributed by atoms with E-state index in [1.807, 2.05) is 35.3 Å². The molecule has 3 fully saturated rings. The third-order valence-corrected chi connectivity index (χ3v) is 8.19. The molecule has 5 rings (SSSR count). The van der Waals surface area contributed by atoms with Crippen LogP contribution < -0.4 is 0 Å². The van der Waals surface area contributed by atoms with Crippen molar-refractivity contribution in [3.8, 4) is 11.1 Å². The van der Waals surface area contributed by atoms with Gasteiger partial charge in [-0.25, -0.2) is 13.8 Å². The standard InChI is InChI=1S/C28H32ClF2N3O3/c29-25-18-21(19-1-3-20(4-2-19)26(36)32-15-10-28(30,31)11-16-32)5-6-22(25)17-23-7-14-34(27(23)37)33-12-8-24(35)9-13-33/h1-6,18,23-24,35H,7-17H2. The highest BCUT2D eigenvalue weighted by Gasteiger charge is 2.37. The SMILES string of the molecule is O=C(c1ccc(-c2ccc(CC3CCN(N4CCC(O)CC4)C3=O)c(Cl)c2)cc1)N1CCC(F)(F)CC1. The van der Waals surface area contributed by atoms with Crippen LogP contribution in [0.25, 0.3) is 11.1 Å². The lowest BCUT2D eigenvalue weighted by Crippen LogP contribution is -2.49. The van der Waals surface area contributed by atoms with Crippen LogP contribution in [0, 0.1) is 5.92 Å². The Bertz CT molecular complexity index is 1140. The van der Waals surface area contributed by atoms with Crippen LogP contribution in [0.3, 0.4) is 0 Å². The number of carbonyl (C=O) groups excluding carboxylic acids is 2. The molecule has 3 aliphatic rings. The fourth-order valence-corrected chi connectivity index (χ4v) is 5.73. The molecule has 0 spiro atoms. The van der Waals surface area contributed by atoms with Crippen LogP contribution in [0.5, 0.6) is 0 Å². The molecule has 3 heterocycles. The Kier molecular flexibility index (Phi) is 7.52. The number of alkyl halides is 2. The first-order valence-corrected chi connectivity index (χ1v) is 13.4. The summed E-state index contributed by atoms with van der Waals surface area (Å²) in [6.07, 6.45) is 1.86. The molecule has 2 aromatic carbocycles. The number of aliphatic hydroxyl groups excluding tert-OH is 1. The Balaban J connectivity index is 1.20. The molecule has 6 nitrogen and oxygen atoms in total. The Morgan fingerprint density at radius 2 is 1.59 bits per heavy atom. The van der Waals surface area contributed by atoms with Gasteiger partial charge in [0.15, 0.2) is 0 Å². The lowest BCUT2D eigenvalue weighted by molar-refractivity contribution is -0.149. The van der Waals surface area contributed by atoms with Gasteiger partial charge < -0.3 is 10.0 Å². The van der Waals surface area contributed by atoms with Crippen LogP contribution in [-0.2, 0) is 11.2 Å². The van der Waals surface area contributed by atoms with Crippen LogP contribution in [0.15, 0.2) is 42.5 Å². The number of hydrazine groups is 1. The van der Waals surface area contributed by atoms with Gasteiger partial charge in [-0.05, 0) is 60.6 Å². The predicted molar refractivity (Wildman–Crippen MR) is 137 cm³/mol. The largest absolute Gasteiger partial charge is 0.393 e. The Morgan fingerprint density at radius 3 is 2.24 bits per heavy atom. The number of amides is 2. The van der Waals surface area contributed by atoms with Gasteiger partial charge in [-0.2, -0.15) is 0 Å². The fraction of sp³-hybridized carbons (Fsp3) is 0.500. The second-order valence-corrected chi connectivity index (χ2v) is 10.8. The number of halogens is 3. The van der Waals surface area contributed by atoms with E-state index >= 15 is 0 Å². The first-order valence-electron chi connectivity index (χ1n) is 13.0. The van der Waals surface area contributed by atoms with Gasteiger partial charge in [0.2, 0.25) is 5.91 Å². The smallest absolute Gasteiger partial charge is 0.253 e. The highest BCUT2D eigenvalue weighted by Crippen LogP contribution is 2.32. The topological polar surface area (TPSA) is 64.1 Å². The van der Waals surface area contributed by atoms with Crippen molar-refractivity contribution in [3.63, 3.8) is 0 Å². The number of aliphatic hydroxyl groups is 1. The minimum absolute atomic E-state index is 0.0626. The summed E-state index contributed by atoms with van der Waals surface area (Å²) >= 11 is 6.63. The molecule has 0 radical (unpaired) electrons. The predicted octanol–water partition coefficient (Wildman–Crippen LogP) is 4.64. The summed E-state index contributed by atoms with van der Waals surface area (Å²) in [4.78, 5) is 27.2. The molecular formula is C28H32ClF2N3O3. The van der Waals surface area contributed by atoms with Crippen LogP contribution in [0.4, 0.5) is 8.78 Å². The van der Waals surface area contributed by atoms with Crippen molar-refractivity contribution in [2.45, 2.75) is 50.6 Å². The molecule has 1 N–H and O–H groups in total. The van der Waals surface area contributed by atoms with Gasteiger partial charge in [-0.15, -0.1) is 0 Å². The van der Waals surface area contributed by atoms with E-state index in [0.717, 1.165) is 23.1 Å². The molecule has 198 valence electrons. The zero-order valence-electron chi connectivity index (χ0n) is 20.7. The monoisotopic (exact) mass is 531 g/mol. The Hall–Kier alpha value is -2.55. The summed E-state index contributed by atoms with van der Waals surface area (Å²) in [5.74, 6) is -2.91. The first kappa shape index (κ1) is 26.1. The molecule has 2 amide bonds. The maximum atomic E-state index is 13.4. The number of benzene rings is 2. The zero-order valence-corrected chi connectivity index (χ0v) is 21.5. The summed E-state index contributed by atoms with van der Waals surface area (Å²) in [6.45, 7) is 2.22. The van der Waals surface area contributed by atoms with Crippen LogP contribution in [0.1, 0.15) is 48.0 Å². The summed E-state index contributed by atoms with van der Waals surface area (Å²) in [6, 6.07) is 12.9. The third-order valence-electron chi connectivity index (χ3n) is 7.84. The van der Waals surface area contributed by atoms with Crippen molar-refractivity contribution in [2.75, 3.05) is 32.7 Å². The molecule has 0 saturated carbocycles. The van der Waals surface area contributed by atoms with E-state index in [-0.39, 0.29) is 49.8 Å². The van der Waals surface area contributed by atoms with E-state index < -0.39 is 5.92 Å². The molecular weight excluding hydrogens is 500 g/mol. The van der Waals surface area contributed by atoms with Crippen molar-refractivity contribution in [2.24, 2.45) is 5.92 Å². The number of nitrogens with zero attached hydrogens (tertiary/aromatic N) is 3. The quantitative estimate of drug-likeness (QED) is 0.610. The number of likely N-dealkylation sites (tertiary alicyclic amines) is 1. The summed E-state index contributed by atoms with van der Waals surface area (Å²) in [5.41, 5.74) is 3.19. The van der Waals surface area contributed by atoms with Crippen LogP contribution in [0.2, 0.25) is 5.02 Å². The first-order chi connectivity index (χ1) is 17.7. The summed E-state index contributed by atoms with van der Waals surface area (Å²) in [7, 11) is 0. The van der Waals surface area contributed by atoms with Gasteiger partial charge in [0.05, 0.1) is 6.10 Å². The minimum Gasteiger partial charge on any atom is -0.393 e.